The van der Waals surface area contributed by atoms with Crippen molar-refractivity contribution in [3.63, 3.8) is 0 Å². The molecule has 2 aromatic rings. The fourth-order valence-corrected chi connectivity index (χ4v) is 2.22. The van der Waals surface area contributed by atoms with Crippen molar-refractivity contribution in [3.8, 4) is 16.9 Å². The summed E-state index contributed by atoms with van der Waals surface area (Å²) in [4.78, 5) is 11.3. The van der Waals surface area contributed by atoms with E-state index in [-0.39, 0.29) is 12.4 Å². The Morgan fingerprint density at radius 2 is 1.77 bits per heavy atom. The Morgan fingerprint density at radius 3 is 2.36 bits per heavy atom. The van der Waals surface area contributed by atoms with Gasteiger partial charge in [0.15, 0.2) is 5.78 Å². The largest absolute Gasteiger partial charge is 0.496 e. The molecular weight excluding hydrogens is 280 g/mol. The Hall–Kier alpha value is -2.17. The molecule has 0 saturated carbocycles. The first-order valence-corrected chi connectivity index (χ1v) is 7.12. The number of carbonyl (C=O) groups excluding carboxylic acids is 1. The van der Waals surface area contributed by atoms with Crippen LogP contribution in [-0.4, -0.2) is 31.2 Å². The van der Waals surface area contributed by atoms with Crippen LogP contribution in [0.2, 0.25) is 0 Å². The molecule has 0 heterocycles. The first-order valence-electron chi connectivity index (χ1n) is 7.12. The summed E-state index contributed by atoms with van der Waals surface area (Å²) in [6.45, 7) is 2.22. The number of hydrogen-bond donors (Lipinski definition) is 1. The maximum Gasteiger partial charge on any atom is 0.159 e. The molecule has 0 aromatic heterocycles. The molecule has 0 radical (unpaired) electrons. The van der Waals surface area contributed by atoms with Crippen molar-refractivity contribution in [2.45, 2.75) is 13.5 Å². The zero-order valence-corrected chi connectivity index (χ0v) is 12.8. The lowest BCUT2D eigenvalue weighted by Gasteiger charge is -2.11. The molecule has 0 amide bonds. The average Bonchev–Trinajstić information content (AvgIpc) is 2.55. The first kappa shape index (κ1) is 16.2. The number of rotatable bonds is 7. The van der Waals surface area contributed by atoms with E-state index < -0.39 is 0 Å². The number of Topliss-reactive ketones (excluding diaryl/α,β-unsaturated/α-hetero) is 1. The molecule has 22 heavy (non-hydrogen) atoms. The van der Waals surface area contributed by atoms with E-state index in [4.69, 9.17) is 14.6 Å². The minimum Gasteiger partial charge on any atom is -0.496 e. The van der Waals surface area contributed by atoms with E-state index in [1.807, 2.05) is 42.5 Å². The lowest BCUT2D eigenvalue weighted by atomic mass is 10.0. The van der Waals surface area contributed by atoms with Gasteiger partial charge in [0, 0.05) is 11.1 Å². The monoisotopic (exact) mass is 300 g/mol. The van der Waals surface area contributed by atoms with Crippen LogP contribution in [0.5, 0.6) is 5.75 Å². The van der Waals surface area contributed by atoms with Crippen LogP contribution in [-0.2, 0) is 11.3 Å². The molecule has 0 spiro atoms. The highest BCUT2D eigenvalue weighted by atomic mass is 16.5. The fraction of sp³-hybridized carbons (Fsp3) is 0.278. The van der Waals surface area contributed by atoms with Gasteiger partial charge in [0.2, 0.25) is 0 Å². The van der Waals surface area contributed by atoms with Crippen molar-refractivity contribution >= 4 is 5.78 Å². The predicted molar refractivity (Wildman–Crippen MR) is 85.2 cm³/mol. The lowest BCUT2D eigenvalue weighted by Crippen LogP contribution is -2.01. The van der Waals surface area contributed by atoms with Crippen LogP contribution in [0.1, 0.15) is 22.8 Å². The molecule has 4 nitrogen and oxygen atoms in total. The maximum absolute atomic E-state index is 11.3. The Morgan fingerprint density at radius 1 is 1.09 bits per heavy atom. The van der Waals surface area contributed by atoms with Gasteiger partial charge in [-0.2, -0.15) is 0 Å². The number of aliphatic hydroxyl groups excluding tert-OH is 1. The topological polar surface area (TPSA) is 55.8 Å². The number of aliphatic hydroxyl groups is 1. The van der Waals surface area contributed by atoms with Crippen LogP contribution < -0.4 is 4.74 Å². The van der Waals surface area contributed by atoms with Gasteiger partial charge in [0.25, 0.3) is 0 Å². The zero-order chi connectivity index (χ0) is 15.9. The van der Waals surface area contributed by atoms with Gasteiger partial charge in [-0.1, -0.05) is 30.3 Å². The van der Waals surface area contributed by atoms with E-state index in [2.05, 4.69) is 0 Å². The summed E-state index contributed by atoms with van der Waals surface area (Å²) in [5.41, 5.74) is 3.67. The lowest BCUT2D eigenvalue weighted by molar-refractivity contribution is 0.0804. The molecule has 0 aliphatic carbocycles. The quantitative estimate of drug-likeness (QED) is 0.630. The summed E-state index contributed by atoms with van der Waals surface area (Å²) >= 11 is 0. The number of carbonyl (C=O) groups is 1. The van der Waals surface area contributed by atoms with Crippen LogP contribution >= 0.6 is 0 Å². The van der Waals surface area contributed by atoms with Gasteiger partial charge in [0.05, 0.1) is 26.9 Å². The van der Waals surface area contributed by atoms with E-state index in [0.29, 0.717) is 18.8 Å². The van der Waals surface area contributed by atoms with Crippen LogP contribution in [0.3, 0.4) is 0 Å². The van der Waals surface area contributed by atoms with Gasteiger partial charge in [-0.15, -0.1) is 0 Å². The fourth-order valence-electron chi connectivity index (χ4n) is 2.22. The highest BCUT2D eigenvalue weighted by Gasteiger charge is 2.07. The van der Waals surface area contributed by atoms with Crippen molar-refractivity contribution in [1.29, 1.82) is 0 Å². The molecule has 2 aromatic carbocycles. The molecule has 1 N–H and O–H groups in total. The molecule has 2 rings (SSSR count). The van der Waals surface area contributed by atoms with Crippen LogP contribution in [0, 0.1) is 0 Å². The third-order valence-electron chi connectivity index (χ3n) is 3.40. The van der Waals surface area contributed by atoms with Gasteiger partial charge in [-0.25, -0.2) is 0 Å². The Bertz CT molecular complexity index is 632. The second-order valence-corrected chi connectivity index (χ2v) is 4.94. The van der Waals surface area contributed by atoms with Gasteiger partial charge < -0.3 is 14.6 Å². The highest BCUT2D eigenvalue weighted by Crippen LogP contribution is 2.27. The third-order valence-corrected chi connectivity index (χ3v) is 3.40. The highest BCUT2D eigenvalue weighted by molar-refractivity contribution is 5.94. The van der Waals surface area contributed by atoms with Crippen molar-refractivity contribution in [3.05, 3.63) is 53.6 Å². The predicted octanol–water partition coefficient (Wildman–Crippen LogP) is 3.07. The molecule has 0 aliphatic heterocycles. The number of ketones is 1. The van der Waals surface area contributed by atoms with Gasteiger partial charge >= 0.3 is 0 Å². The Kier molecular flexibility index (Phi) is 5.69. The second kappa shape index (κ2) is 7.73. The average molecular weight is 300 g/mol. The molecular formula is C18H20O4. The van der Waals surface area contributed by atoms with Crippen molar-refractivity contribution in [2.24, 2.45) is 0 Å². The van der Waals surface area contributed by atoms with E-state index in [0.717, 1.165) is 22.4 Å². The SMILES string of the molecule is COc1ccc(-c2ccc(C(C)=O)cc2)cc1COCCO. The molecule has 0 unspecified atom stereocenters. The summed E-state index contributed by atoms with van der Waals surface area (Å²) in [6.07, 6.45) is 0. The zero-order valence-electron chi connectivity index (χ0n) is 12.8. The van der Waals surface area contributed by atoms with Crippen LogP contribution in [0.15, 0.2) is 42.5 Å². The number of hydrogen-bond acceptors (Lipinski definition) is 4. The molecule has 0 aliphatic rings. The second-order valence-electron chi connectivity index (χ2n) is 4.94. The molecule has 4 heteroatoms. The maximum atomic E-state index is 11.3. The van der Waals surface area contributed by atoms with Crippen molar-refractivity contribution in [1.82, 2.24) is 0 Å². The van der Waals surface area contributed by atoms with Crippen molar-refractivity contribution in [2.75, 3.05) is 20.3 Å². The van der Waals surface area contributed by atoms with E-state index in [9.17, 15) is 4.79 Å². The van der Waals surface area contributed by atoms with E-state index >= 15 is 0 Å². The minimum absolute atomic E-state index is 0.00544. The van der Waals surface area contributed by atoms with Gasteiger partial charge in [-0.3, -0.25) is 4.79 Å². The summed E-state index contributed by atoms with van der Waals surface area (Å²) in [5.74, 6) is 0.807. The van der Waals surface area contributed by atoms with E-state index in [1.54, 1.807) is 14.0 Å². The minimum atomic E-state index is -0.00544. The summed E-state index contributed by atoms with van der Waals surface area (Å²) in [7, 11) is 1.62. The van der Waals surface area contributed by atoms with Crippen LogP contribution in [0.4, 0.5) is 0 Å². The summed E-state index contributed by atoms with van der Waals surface area (Å²) in [5, 5.41) is 8.79. The number of methoxy groups -OCH3 is 1. The van der Waals surface area contributed by atoms with Gasteiger partial charge in [0.1, 0.15) is 5.75 Å². The molecule has 116 valence electrons. The normalized spacial score (nSPS) is 10.5. The smallest absolute Gasteiger partial charge is 0.159 e. The van der Waals surface area contributed by atoms with E-state index in [1.165, 1.54) is 0 Å². The molecule has 0 fully saturated rings. The molecule has 0 bridgehead atoms. The molecule has 0 saturated heterocycles. The third kappa shape index (κ3) is 3.93. The molecule has 0 atom stereocenters. The summed E-state index contributed by atoms with van der Waals surface area (Å²) < 4.78 is 10.7. The Balaban J connectivity index is 2.26. The van der Waals surface area contributed by atoms with Crippen molar-refractivity contribution < 1.29 is 19.4 Å². The first-order chi connectivity index (χ1) is 10.7. The number of benzene rings is 2. The summed E-state index contributed by atoms with van der Waals surface area (Å²) in [6, 6.07) is 13.4. The van der Waals surface area contributed by atoms with Gasteiger partial charge in [-0.05, 0) is 30.2 Å². The number of ether oxygens (including phenoxy) is 2. The Labute approximate surface area is 130 Å². The van der Waals surface area contributed by atoms with Crippen LogP contribution in [0.25, 0.3) is 11.1 Å². The standard InChI is InChI=1S/C18H20O4/c1-13(20)14-3-5-15(6-4-14)16-7-8-18(21-2)17(11-16)12-22-10-9-19/h3-8,11,19H,9-10,12H2,1-2H3.